The van der Waals surface area contributed by atoms with Gasteiger partial charge >= 0.3 is 5.69 Å². The summed E-state index contributed by atoms with van der Waals surface area (Å²) >= 11 is 0. The number of hydrogen-bond donors (Lipinski definition) is 4. The molecule has 2 saturated heterocycles. The molecule has 16 nitrogen and oxygen atoms in total. The topological polar surface area (TPSA) is 205 Å². The van der Waals surface area contributed by atoms with Gasteiger partial charge in [0, 0.05) is 61.6 Å². The third-order valence-electron chi connectivity index (χ3n) is 15.0. The molecule has 2 aromatic carbocycles. The van der Waals surface area contributed by atoms with Gasteiger partial charge < -0.3 is 29.8 Å². The van der Waals surface area contributed by atoms with Crippen molar-refractivity contribution in [3.05, 3.63) is 106 Å². The number of H-pyrrole nitrogens is 1. The molecule has 4 N–H and O–H groups in total. The molecule has 0 radical (unpaired) electrons. The van der Waals surface area contributed by atoms with Crippen LogP contribution in [0.5, 0.6) is 11.5 Å². The molecule has 1 unspecified atom stereocenters. The molecule has 5 aliphatic rings. The number of nitrogens with one attached hydrogen (secondary N) is 3. The molecule has 10 rings (SSSR count). The number of amides is 1. The van der Waals surface area contributed by atoms with Crippen LogP contribution in [0, 0.1) is 21.4 Å². The van der Waals surface area contributed by atoms with E-state index in [2.05, 4.69) is 66.0 Å². The van der Waals surface area contributed by atoms with Crippen molar-refractivity contribution >= 4 is 44.2 Å². The molecule has 3 saturated carbocycles. The number of anilines is 2. The van der Waals surface area contributed by atoms with Gasteiger partial charge in [-0.05, 0) is 131 Å². The Labute approximate surface area is 384 Å². The lowest BCUT2D eigenvalue weighted by molar-refractivity contribution is -0.384. The van der Waals surface area contributed by atoms with E-state index in [1.807, 2.05) is 6.07 Å². The van der Waals surface area contributed by atoms with Gasteiger partial charge in [-0.3, -0.25) is 19.8 Å². The van der Waals surface area contributed by atoms with E-state index in [9.17, 15) is 28.4 Å². The summed E-state index contributed by atoms with van der Waals surface area (Å²) < 4.78 is 42.2. The summed E-state index contributed by atoms with van der Waals surface area (Å²) in [5.74, 6) is 0.272. The van der Waals surface area contributed by atoms with E-state index in [4.69, 9.17) is 9.47 Å². The minimum Gasteiger partial charge on any atom is -0.455 e. The lowest BCUT2D eigenvalue weighted by Crippen LogP contribution is -2.59. The first-order valence-electron chi connectivity index (χ1n) is 23.4. The van der Waals surface area contributed by atoms with Crippen LogP contribution in [0.2, 0.25) is 0 Å². The number of sulfonamides is 1. The van der Waals surface area contributed by atoms with Crippen molar-refractivity contribution in [3.63, 3.8) is 0 Å². The minimum absolute atomic E-state index is 0.0448. The average molecular weight is 919 g/mol. The van der Waals surface area contributed by atoms with Crippen molar-refractivity contribution in [1.82, 2.24) is 24.6 Å². The quantitative estimate of drug-likeness (QED) is 0.0650. The molecule has 348 valence electrons. The zero-order valence-electron chi connectivity index (χ0n) is 37.4. The normalized spacial score (nSPS) is 24.8. The van der Waals surface area contributed by atoms with Crippen molar-refractivity contribution in [2.24, 2.45) is 11.3 Å². The number of rotatable bonds is 13. The number of aliphatic hydroxyl groups is 1. The van der Waals surface area contributed by atoms with Gasteiger partial charge in [-0.25, -0.2) is 23.1 Å². The first-order valence-corrected chi connectivity index (χ1v) is 24.9. The molecule has 3 aromatic heterocycles. The molecule has 17 heteroatoms. The number of morpholine rings is 1. The highest BCUT2D eigenvalue weighted by atomic mass is 32.2. The summed E-state index contributed by atoms with van der Waals surface area (Å²) in [5, 5.41) is 26.2. The Hall–Kier alpha value is -5.62. The molecule has 5 heterocycles. The molecular weight excluding hydrogens is 861 g/mol. The number of ether oxygens (including phenoxy) is 2. The second kappa shape index (κ2) is 17.6. The number of nitrogens with zero attached hydrogens (tertiary/aromatic N) is 5. The van der Waals surface area contributed by atoms with E-state index in [0.717, 1.165) is 88.1 Å². The molecule has 5 fully saturated rings. The number of carbonyl (C=O) groups is 1. The van der Waals surface area contributed by atoms with Crippen LogP contribution in [0.3, 0.4) is 0 Å². The Kier molecular flexibility index (Phi) is 11.8. The molecule has 3 aliphatic carbocycles. The molecule has 5 aromatic rings. The molecule has 1 amide bonds. The lowest BCUT2D eigenvalue weighted by Gasteiger charge is -2.58. The van der Waals surface area contributed by atoms with E-state index in [0.29, 0.717) is 42.7 Å². The van der Waals surface area contributed by atoms with Crippen LogP contribution in [0.15, 0.2) is 84.1 Å². The standard InChI is InChI=1S/C49H58N8O8S/c1-31-44(40-6-4-3-5-39(40)33-7-8-33)56(21-22-64-31)36-26-49(27-36)16-19-55(20-17-49)35-9-10-41(43(24-35)65-37-23-34-13-18-50-45(34)52-29-37)47(58)54-66(62,63)38-25-42(57(60)61)46(53-30-38)51-28-32-11-14-48(2,59)15-12-32/h3-6,9-10,13,18,23-25,29-33,36,44,59H,7-8,11-12,14-17,19-22,26-28H2,1-2H3,(H,50,52)(H,51,53)(H,54,58)/t31?,32-,44-,48-/m1/s1. The van der Waals surface area contributed by atoms with Gasteiger partial charge in [0.1, 0.15) is 22.0 Å². The maximum absolute atomic E-state index is 14.0. The highest BCUT2D eigenvalue weighted by molar-refractivity contribution is 7.90. The monoisotopic (exact) mass is 918 g/mol. The second-order valence-corrected chi connectivity index (χ2v) is 21.3. The van der Waals surface area contributed by atoms with Crippen LogP contribution < -0.4 is 19.7 Å². The minimum atomic E-state index is -4.63. The third kappa shape index (κ3) is 9.09. The molecule has 2 atom stereocenters. The van der Waals surface area contributed by atoms with Gasteiger partial charge in [-0.15, -0.1) is 0 Å². The Morgan fingerprint density at radius 3 is 2.48 bits per heavy atom. The Balaban J connectivity index is 0.838. The number of benzene rings is 2. The summed E-state index contributed by atoms with van der Waals surface area (Å²) in [6.07, 6.45) is 14.0. The third-order valence-corrected chi connectivity index (χ3v) is 16.3. The number of hydrogen-bond acceptors (Lipinski definition) is 13. The fourth-order valence-electron chi connectivity index (χ4n) is 11.0. The highest BCUT2D eigenvalue weighted by Crippen LogP contribution is 2.54. The Morgan fingerprint density at radius 2 is 1.74 bits per heavy atom. The lowest BCUT2D eigenvalue weighted by atomic mass is 9.59. The first kappa shape index (κ1) is 44.2. The highest BCUT2D eigenvalue weighted by Gasteiger charge is 2.51. The first-order chi connectivity index (χ1) is 31.7. The van der Waals surface area contributed by atoms with Crippen LogP contribution >= 0.6 is 0 Å². The molecule has 1 spiro atoms. The van der Waals surface area contributed by atoms with Crippen molar-refractivity contribution < 1.29 is 32.7 Å². The Bertz CT molecular complexity index is 2730. The van der Waals surface area contributed by atoms with Gasteiger partial charge in [0.2, 0.25) is 5.82 Å². The van der Waals surface area contributed by atoms with E-state index >= 15 is 0 Å². The largest absolute Gasteiger partial charge is 0.455 e. The number of nitro groups is 1. The van der Waals surface area contributed by atoms with Gasteiger partial charge in [0.15, 0.2) is 0 Å². The van der Waals surface area contributed by atoms with Crippen LogP contribution in [0.4, 0.5) is 17.2 Å². The molecule has 66 heavy (non-hydrogen) atoms. The SMILES string of the molecule is CC1OCCN(C2CC3(CCN(c4ccc(C(=O)NS(=O)(=O)c5cnc(NC[C@H]6CC[C@](C)(O)CC6)c([N+](=O)[O-])c5)c(Oc5cnc6[nH]ccc6c5)c4)CC3)C2)[C@H]1c1ccccc1C1CC1. The summed E-state index contributed by atoms with van der Waals surface area (Å²) in [6.45, 7) is 7.72. The van der Waals surface area contributed by atoms with Gasteiger partial charge in [-0.1, -0.05) is 24.3 Å². The summed E-state index contributed by atoms with van der Waals surface area (Å²) in [7, 11) is -4.63. The molecule has 2 aliphatic heterocycles. The van der Waals surface area contributed by atoms with Crippen LogP contribution in [-0.4, -0.2) is 94.7 Å². The van der Waals surface area contributed by atoms with Crippen molar-refractivity contribution in [3.8, 4) is 11.5 Å². The zero-order valence-corrected chi connectivity index (χ0v) is 38.3. The number of aromatic nitrogens is 3. The Morgan fingerprint density at radius 1 is 0.985 bits per heavy atom. The number of carbonyl (C=O) groups excluding carboxylic acids is 1. The van der Waals surface area contributed by atoms with Crippen LogP contribution in [0.25, 0.3) is 11.0 Å². The van der Waals surface area contributed by atoms with Crippen molar-refractivity contribution in [2.75, 3.05) is 43.0 Å². The summed E-state index contributed by atoms with van der Waals surface area (Å²) in [6, 6.07) is 19.4. The number of piperidine rings is 1. The second-order valence-electron chi connectivity index (χ2n) is 19.6. The number of aromatic amines is 1. The average Bonchev–Trinajstić information content (AvgIpc) is 4.04. The van der Waals surface area contributed by atoms with Crippen LogP contribution in [0.1, 0.15) is 112 Å². The number of fused-ring (bicyclic) bond motifs is 1. The molecule has 0 bridgehead atoms. The predicted octanol–water partition coefficient (Wildman–Crippen LogP) is 8.22. The van der Waals surface area contributed by atoms with E-state index < -0.39 is 37.0 Å². The van der Waals surface area contributed by atoms with Crippen molar-refractivity contribution in [1.29, 1.82) is 0 Å². The van der Waals surface area contributed by atoms with E-state index in [1.165, 1.54) is 30.2 Å². The van der Waals surface area contributed by atoms with Crippen LogP contribution in [-0.2, 0) is 14.8 Å². The van der Waals surface area contributed by atoms with E-state index in [1.54, 1.807) is 37.4 Å². The van der Waals surface area contributed by atoms with Gasteiger partial charge in [-0.2, -0.15) is 0 Å². The maximum atomic E-state index is 14.0. The fourth-order valence-corrected chi connectivity index (χ4v) is 11.9. The smallest absolute Gasteiger partial charge is 0.312 e. The van der Waals surface area contributed by atoms with Gasteiger partial charge in [0.25, 0.3) is 15.9 Å². The molecular formula is C49H58N8O8S. The predicted molar refractivity (Wildman–Crippen MR) is 249 cm³/mol. The summed E-state index contributed by atoms with van der Waals surface area (Å²) in [4.78, 5) is 41.5. The van der Waals surface area contributed by atoms with Gasteiger partial charge in [0.05, 0.1) is 47.2 Å². The fraction of sp³-hybridized carbons (Fsp3) is 0.490. The van der Waals surface area contributed by atoms with Crippen molar-refractivity contribution in [2.45, 2.75) is 113 Å². The zero-order chi connectivity index (χ0) is 45.8. The summed E-state index contributed by atoms with van der Waals surface area (Å²) in [5.41, 5.74) is 3.38. The van der Waals surface area contributed by atoms with E-state index in [-0.39, 0.29) is 40.6 Å². The number of pyridine rings is 2. The maximum Gasteiger partial charge on any atom is 0.312 e.